The van der Waals surface area contributed by atoms with E-state index in [2.05, 4.69) is 20.4 Å². The molecule has 2 amide bonds. The van der Waals surface area contributed by atoms with Crippen LogP contribution in [-0.2, 0) is 6.54 Å². The summed E-state index contributed by atoms with van der Waals surface area (Å²) < 4.78 is 12.3. The van der Waals surface area contributed by atoms with Crippen LogP contribution in [-0.4, -0.2) is 56.6 Å². The smallest absolute Gasteiger partial charge is 0.322 e. The zero-order chi connectivity index (χ0) is 20.4. The molecule has 2 N–H and O–H groups in total. The third-order valence-corrected chi connectivity index (χ3v) is 4.73. The number of aromatic nitrogens is 4. The number of nitrogens with zero attached hydrogens (tertiary/aromatic N) is 5. The van der Waals surface area contributed by atoms with Crippen molar-refractivity contribution in [3.63, 3.8) is 0 Å². The molecule has 1 aliphatic rings. The minimum absolute atomic E-state index is 0.132. The van der Waals surface area contributed by atoms with Crippen LogP contribution in [0.25, 0.3) is 5.82 Å². The van der Waals surface area contributed by atoms with Crippen molar-refractivity contribution >= 4 is 11.7 Å². The molecule has 10 heteroatoms. The van der Waals surface area contributed by atoms with E-state index >= 15 is 0 Å². The fourth-order valence-corrected chi connectivity index (χ4v) is 3.36. The van der Waals surface area contributed by atoms with Gasteiger partial charge in [-0.1, -0.05) is 0 Å². The third-order valence-electron chi connectivity index (χ3n) is 4.73. The number of fused-ring (bicyclic) bond motifs is 1. The van der Waals surface area contributed by atoms with Crippen molar-refractivity contribution in [1.82, 2.24) is 24.6 Å². The number of aliphatic hydroxyl groups is 1. The number of amides is 2. The summed E-state index contributed by atoms with van der Waals surface area (Å²) >= 11 is 0. The second-order valence-electron chi connectivity index (χ2n) is 6.43. The molecule has 3 heterocycles. The number of carbonyl (C=O) groups excluding carboxylic acids is 1. The molecule has 0 radical (unpaired) electrons. The van der Waals surface area contributed by atoms with Crippen molar-refractivity contribution in [2.24, 2.45) is 0 Å². The van der Waals surface area contributed by atoms with Crippen LogP contribution < -0.4 is 14.8 Å². The molecule has 0 unspecified atom stereocenters. The minimum Gasteiger partial charge on any atom is -0.496 e. The number of hydrogen-bond donors (Lipinski definition) is 2. The highest BCUT2D eigenvalue weighted by molar-refractivity contribution is 5.89. The average Bonchev–Trinajstić information content (AvgIpc) is 3.28. The number of anilines is 1. The molecule has 2 aromatic heterocycles. The van der Waals surface area contributed by atoms with Crippen molar-refractivity contribution < 1.29 is 19.4 Å². The summed E-state index contributed by atoms with van der Waals surface area (Å²) in [5.41, 5.74) is 1.90. The van der Waals surface area contributed by atoms with E-state index in [1.165, 1.54) is 28.4 Å². The molecular formula is C19H20N6O4. The Morgan fingerprint density at radius 2 is 2.00 bits per heavy atom. The highest BCUT2D eigenvalue weighted by Crippen LogP contribution is 2.39. The van der Waals surface area contributed by atoms with Crippen LogP contribution in [0, 0.1) is 0 Å². The summed E-state index contributed by atoms with van der Waals surface area (Å²) in [6.07, 6.45) is 3.60. The Bertz CT molecular complexity index is 1010. The Labute approximate surface area is 166 Å². The SMILES string of the molecule is COc1ccc(OC)c2c1CN(C(=O)Nc1ccc(-n3cncn3)nc1)C[C@@H]2O. The van der Waals surface area contributed by atoms with Crippen molar-refractivity contribution in [2.45, 2.75) is 12.6 Å². The number of hydrogen-bond acceptors (Lipinski definition) is 7. The van der Waals surface area contributed by atoms with Gasteiger partial charge in [0, 0.05) is 11.1 Å². The summed E-state index contributed by atoms with van der Waals surface area (Å²) in [6, 6.07) is 6.60. The lowest BCUT2D eigenvalue weighted by molar-refractivity contribution is 0.105. The van der Waals surface area contributed by atoms with Crippen LogP contribution in [0.2, 0.25) is 0 Å². The monoisotopic (exact) mass is 396 g/mol. The van der Waals surface area contributed by atoms with Gasteiger partial charge in [-0.25, -0.2) is 19.4 Å². The fraction of sp³-hybridized carbons (Fsp3) is 0.263. The van der Waals surface area contributed by atoms with E-state index in [4.69, 9.17) is 9.47 Å². The molecule has 0 fully saturated rings. The number of pyridine rings is 1. The maximum atomic E-state index is 12.8. The number of methoxy groups -OCH3 is 2. The number of carbonyl (C=O) groups is 1. The Hall–Kier alpha value is -3.66. The van der Waals surface area contributed by atoms with Gasteiger partial charge >= 0.3 is 6.03 Å². The molecule has 1 aliphatic heterocycles. The van der Waals surface area contributed by atoms with E-state index in [9.17, 15) is 9.90 Å². The molecule has 1 aromatic carbocycles. The van der Waals surface area contributed by atoms with Crippen LogP contribution in [0.5, 0.6) is 11.5 Å². The standard InChI is InChI=1S/C19H20N6O4/c1-28-15-4-5-16(29-2)18-13(15)8-24(9-14(18)26)19(27)23-12-3-6-17(21-7-12)25-11-20-10-22-25/h3-7,10-11,14,26H,8-9H2,1-2H3,(H,23,27)/t14-/m0/s1. The number of β-amino-alcohol motifs (C(OH)–C–C–N with tert-alkyl or cyclic N) is 1. The molecule has 0 spiro atoms. The van der Waals surface area contributed by atoms with Gasteiger partial charge in [0.1, 0.15) is 30.3 Å². The van der Waals surface area contributed by atoms with Crippen LogP contribution >= 0.6 is 0 Å². The topological polar surface area (TPSA) is 115 Å². The number of nitrogens with one attached hydrogen (secondary N) is 1. The molecule has 0 bridgehead atoms. The normalized spacial score (nSPS) is 15.6. The maximum absolute atomic E-state index is 12.8. The van der Waals surface area contributed by atoms with Gasteiger partial charge in [-0.05, 0) is 24.3 Å². The third kappa shape index (κ3) is 3.57. The Morgan fingerprint density at radius 3 is 2.66 bits per heavy atom. The zero-order valence-electron chi connectivity index (χ0n) is 15.9. The van der Waals surface area contributed by atoms with Crippen LogP contribution in [0.1, 0.15) is 17.2 Å². The Balaban J connectivity index is 1.52. The average molecular weight is 396 g/mol. The van der Waals surface area contributed by atoms with Gasteiger partial charge in [-0.2, -0.15) is 5.10 Å². The number of rotatable bonds is 4. The van der Waals surface area contributed by atoms with Crippen molar-refractivity contribution in [1.29, 1.82) is 0 Å². The Morgan fingerprint density at radius 1 is 1.21 bits per heavy atom. The summed E-state index contributed by atoms with van der Waals surface area (Å²) in [7, 11) is 3.10. The molecule has 0 aliphatic carbocycles. The lowest BCUT2D eigenvalue weighted by Gasteiger charge is -2.33. The van der Waals surface area contributed by atoms with Gasteiger partial charge in [0.25, 0.3) is 0 Å². The molecule has 3 aromatic rings. The first kappa shape index (κ1) is 18.7. The first-order valence-electron chi connectivity index (χ1n) is 8.89. The highest BCUT2D eigenvalue weighted by Gasteiger charge is 2.32. The lowest BCUT2D eigenvalue weighted by atomic mass is 9.95. The molecule has 150 valence electrons. The van der Waals surface area contributed by atoms with Gasteiger partial charge in [-0.3, -0.25) is 0 Å². The van der Waals surface area contributed by atoms with E-state index in [-0.39, 0.29) is 19.1 Å². The Kier molecular flexibility index (Phi) is 5.00. The van der Waals surface area contributed by atoms with Crippen molar-refractivity contribution in [3.8, 4) is 17.3 Å². The lowest BCUT2D eigenvalue weighted by Crippen LogP contribution is -2.41. The first-order valence-corrected chi connectivity index (χ1v) is 8.89. The van der Waals surface area contributed by atoms with Crippen LogP contribution in [0.3, 0.4) is 0 Å². The largest absolute Gasteiger partial charge is 0.496 e. The number of aliphatic hydroxyl groups excluding tert-OH is 1. The summed E-state index contributed by atoms with van der Waals surface area (Å²) in [5, 5.41) is 17.4. The molecule has 0 saturated carbocycles. The maximum Gasteiger partial charge on any atom is 0.322 e. The minimum atomic E-state index is -0.887. The van der Waals surface area contributed by atoms with E-state index in [1.807, 2.05) is 0 Å². The molecule has 1 atom stereocenters. The van der Waals surface area contributed by atoms with E-state index in [1.54, 1.807) is 38.5 Å². The van der Waals surface area contributed by atoms with E-state index in [0.717, 1.165) is 5.56 Å². The molecule has 4 rings (SSSR count). The van der Waals surface area contributed by atoms with Gasteiger partial charge in [0.05, 0.1) is 39.2 Å². The summed E-state index contributed by atoms with van der Waals surface area (Å²) in [5.74, 6) is 1.75. The number of urea groups is 1. The van der Waals surface area contributed by atoms with Crippen LogP contribution in [0.4, 0.5) is 10.5 Å². The predicted molar refractivity (Wildman–Crippen MR) is 103 cm³/mol. The van der Waals surface area contributed by atoms with Gasteiger partial charge in [-0.15, -0.1) is 0 Å². The number of ether oxygens (including phenoxy) is 2. The molecular weight excluding hydrogens is 376 g/mol. The van der Waals surface area contributed by atoms with E-state index < -0.39 is 6.10 Å². The predicted octanol–water partition coefficient (Wildman–Crippen LogP) is 1.76. The summed E-state index contributed by atoms with van der Waals surface area (Å²) in [6.45, 7) is 0.413. The summed E-state index contributed by atoms with van der Waals surface area (Å²) in [4.78, 5) is 22.4. The first-order chi connectivity index (χ1) is 14.1. The van der Waals surface area contributed by atoms with Crippen molar-refractivity contribution in [3.05, 3.63) is 54.2 Å². The number of benzene rings is 1. The van der Waals surface area contributed by atoms with Crippen molar-refractivity contribution in [2.75, 3.05) is 26.1 Å². The second kappa shape index (κ2) is 7.76. The van der Waals surface area contributed by atoms with Crippen LogP contribution in [0.15, 0.2) is 43.1 Å². The van der Waals surface area contributed by atoms with Gasteiger partial charge in [0.2, 0.25) is 0 Å². The second-order valence-corrected chi connectivity index (χ2v) is 6.43. The zero-order valence-corrected chi connectivity index (χ0v) is 15.9. The highest BCUT2D eigenvalue weighted by atomic mass is 16.5. The van der Waals surface area contributed by atoms with E-state index in [0.29, 0.717) is 28.6 Å². The molecule has 0 saturated heterocycles. The van der Waals surface area contributed by atoms with Gasteiger partial charge in [0.15, 0.2) is 5.82 Å². The molecule has 29 heavy (non-hydrogen) atoms. The van der Waals surface area contributed by atoms with Gasteiger partial charge < -0.3 is 24.8 Å². The molecule has 10 nitrogen and oxygen atoms in total. The fourth-order valence-electron chi connectivity index (χ4n) is 3.36. The quantitative estimate of drug-likeness (QED) is 0.690.